The first kappa shape index (κ1) is 15.1. The van der Waals surface area contributed by atoms with Gasteiger partial charge in [0.1, 0.15) is 0 Å². The Balaban J connectivity index is 2.38. The number of hydrogen-bond acceptors (Lipinski definition) is 4. The first-order valence-electron chi connectivity index (χ1n) is 5.27. The van der Waals surface area contributed by atoms with E-state index >= 15 is 0 Å². The number of carbonyl (C=O) groups excluding carboxylic acids is 1. The van der Waals surface area contributed by atoms with Crippen molar-refractivity contribution in [2.24, 2.45) is 0 Å². The van der Waals surface area contributed by atoms with E-state index in [2.05, 4.69) is 21.2 Å². The second-order valence-corrected chi connectivity index (χ2v) is 5.56. The van der Waals surface area contributed by atoms with E-state index in [-0.39, 0.29) is 18.9 Å². The second kappa shape index (κ2) is 7.50. The van der Waals surface area contributed by atoms with Gasteiger partial charge in [-0.1, -0.05) is 0 Å². The van der Waals surface area contributed by atoms with Crippen molar-refractivity contribution in [2.75, 3.05) is 13.7 Å². The summed E-state index contributed by atoms with van der Waals surface area (Å²) in [5, 5.41) is 13.2. The predicted molar refractivity (Wildman–Crippen MR) is 71.8 cm³/mol. The molecule has 100 valence electrons. The Labute approximate surface area is 117 Å². The van der Waals surface area contributed by atoms with Crippen molar-refractivity contribution < 1.29 is 19.4 Å². The summed E-state index contributed by atoms with van der Waals surface area (Å²) < 4.78 is 5.72. The number of hydrogen-bond donors (Lipinski definition) is 2. The molecular formula is C11H14BrNO4S. The third-order valence-electron chi connectivity index (χ3n) is 2.19. The highest BCUT2D eigenvalue weighted by Crippen LogP contribution is 2.20. The number of aliphatic carboxylic acids is 1. The molecule has 0 spiro atoms. The molecule has 7 heteroatoms. The van der Waals surface area contributed by atoms with E-state index in [0.29, 0.717) is 6.42 Å². The number of nitrogens with one attached hydrogen (secondary N) is 1. The fourth-order valence-corrected chi connectivity index (χ4v) is 2.78. The predicted octanol–water partition coefficient (Wildman–Crippen LogP) is 1.66. The minimum absolute atomic E-state index is 0.0361. The number of thiophene rings is 1. The highest BCUT2D eigenvalue weighted by atomic mass is 79.9. The molecule has 0 bridgehead atoms. The first-order chi connectivity index (χ1) is 8.52. The maximum Gasteiger partial charge on any atom is 0.328 e. The van der Waals surface area contributed by atoms with Crippen LogP contribution in [0, 0.1) is 0 Å². The SMILES string of the molecule is COCC(NC(=O)CCc1cc(Br)cs1)C(=O)O. The quantitative estimate of drug-likeness (QED) is 0.794. The minimum atomic E-state index is -1.09. The molecule has 0 aliphatic carbocycles. The van der Waals surface area contributed by atoms with Crippen LogP contribution in [0.4, 0.5) is 0 Å². The number of halogens is 1. The number of rotatable bonds is 7. The van der Waals surface area contributed by atoms with Crippen molar-refractivity contribution in [2.45, 2.75) is 18.9 Å². The van der Waals surface area contributed by atoms with Crippen LogP contribution in [-0.2, 0) is 20.7 Å². The number of carboxylic acid groups (broad SMARTS) is 1. The summed E-state index contributed by atoms with van der Waals surface area (Å²) in [6, 6.07) is 0.958. The van der Waals surface area contributed by atoms with Gasteiger partial charge < -0.3 is 15.2 Å². The molecule has 0 radical (unpaired) electrons. The fraction of sp³-hybridized carbons (Fsp3) is 0.455. The topological polar surface area (TPSA) is 75.6 Å². The van der Waals surface area contributed by atoms with Gasteiger partial charge in [0.15, 0.2) is 6.04 Å². The molecule has 1 atom stereocenters. The summed E-state index contributed by atoms with van der Waals surface area (Å²) >= 11 is 4.89. The average molecular weight is 336 g/mol. The van der Waals surface area contributed by atoms with Gasteiger partial charge in [-0.05, 0) is 28.4 Å². The molecule has 18 heavy (non-hydrogen) atoms. The minimum Gasteiger partial charge on any atom is -0.480 e. The van der Waals surface area contributed by atoms with Crippen molar-refractivity contribution in [3.63, 3.8) is 0 Å². The summed E-state index contributed by atoms with van der Waals surface area (Å²) in [5.41, 5.74) is 0. The molecule has 0 aromatic carbocycles. The Hall–Kier alpha value is -0.920. The van der Waals surface area contributed by atoms with Crippen LogP contribution < -0.4 is 5.32 Å². The molecule has 1 aromatic rings. The largest absolute Gasteiger partial charge is 0.480 e. The lowest BCUT2D eigenvalue weighted by Gasteiger charge is -2.13. The summed E-state index contributed by atoms with van der Waals surface area (Å²) in [5.74, 6) is -1.38. The molecule has 1 rings (SSSR count). The molecular weight excluding hydrogens is 322 g/mol. The molecule has 1 unspecified atom stereocenters. The van der Waals surface area contributed by atoms with Gasteiger partial charge >= 0.3 is 5.97 Å². The Morgan fingerprint density at radius 3 is 2.83 bits per heavy atom. The average Bonchev–Trinajstić information content (AvgIpc) is 2.72. The number of methoxy groups -OCH3 is 1. The molecule has 5 nitrogen and oxygen atoms in total. The van der Waals surface area contributed by atoms with Crippen LogP contribution >= 0.6 is 27.3 Å². The summed E-state index contributed by atoms with van der Waals surface area (Å²) in [6.07, 6.45) is 0.863. The van der Waals surface area contributed by atoms with Crippen molar-refractivity contribution in [1.82, 2.24) is 5.32 Å². The molecule has 0 saturated carbocycles. The Morgan fingerprint density at radius 1 is 1.61 bits per heavy atom. The van der Waals surface area contributed by atoms with Gasteiger partial charge in [-0.3, -0.25) is 4.79 Å². The highest BCUT2D eigenvalue weighted by molar-refractivity contribution is 9.10. The van der Waals surface area contributed by atoms with E-state index in [1.165, 1.54) is 7.11 Å². The molecule has 1 amide bonds. The number of aryl methyl sites for hydroxylation is 1. The van der Waals surface area contributed by atoms with Gasteiger partial charge in [0, 0.05) is 28.3 Å². The van der Waals surface area contributed by atoms with E-state index in [1.54, 1.807) is 11.3 Å². The molecule has 0 saturated heterocycles. The molecule has 0 aliphatic rings. The Bertz CT molecular complexity index is 421. The van der Waals surface area contributed by atoms with Crippen LogP contribution in [0.25, 0.3) is 0 Å². The van der Waals surface area contributed by atoms with E-state index in [1.807, 2.05) is 11.4 Å². The molecule has 0 aliphatic heterocycles. The standard InChI is InChI=1S/C11H14BrNO4S/c1-17-5-9(11(15)16)13-10(14)3-2-8-4-7(12)6-18-8/h4,6,9H,2-3,5H2,1H3,(H,13,14)(H,15,16). The van der Waals surface area contributed by atoms with Crippen LogP contribution in [0.5, 0.6) is 0 Å². The molecule has 1 aromatic heterocycles. The zero-order chi connectivity index (χ0) is 13.5. The molecule has 0 fully saturated rings. The lowest BCUT2D eigenvalue weighted by molar-refractivity contribution is -0.143. The van der Waals surface area contributed by atoms with Gasteiger partial charge in [0.25, 0.3) is 0 Å². The lowest BCUT2D eigenvalue weighted by atomic mass is 10.2. The normalized spacial score (nSPS) is 12.1. The highest BCUT2D eigenvalue weighted by Gasteiger charge is 2.19. The fourth-order valence-electron chi connectivity index (χ4n) is 1.33. The monoisotopic (exact) mass is 335 g/mol. The van der Waals surface area contributed by atoms with Crippen LogP contribution in [0.3, 0.4) is 0 Å². The van der Waals surface area contributed by atoms with E-state index in [0.717, 1.165) is 9.35 Å². The van der Waals surface area contributed by atoms with Crippen molar-refractivity contribution >= 4 is 39.1 Å². The maximum absolute atomic E-state index is 11.6. The third kappa shape index (κ3) is 5.16. The van der Waals surface area contributed by atoms with Crippen LogP contribution in [0.15, 0.2) is 15.9 Å². The van der Waals surface area contributed by atoms with Crippen molar-refractivity contribution in [3.8, 4) is 0 Å². The number of carboxylic acids is 1. The molecule has 1 heterocycles. The second-order valence-electron chi connectivity index (χ2n) is 3.64. The van der Waals surface area contributed by atoms with Gasteiger partial charge in [0.2, 0.25) is 5.91 Å². The molecule has 2 N–H and O–H groups in total. The number of ether oxygens (including phenoxy) is 1. The van der Waals surface area contributed by atoms with Gasteiger partial charge in [-0.15, -0.1) is 11.3 Å². The zero-order valence-electron chi connectivity index (χ0n) is 9.81. The van der Waals surface area contributed by atoms with Crippen LogP contribution in [0.1, 0.15) is 11.3 Å². The maximum atomic E-state index is 11.6. The lowest BCUT2D eigenvalue weighted by Crippen LogP contribution is -2.43. The van der Waals surface area contributed by atoms with E-state index in [4.69, 9.17) is 9.84 Å². The van der Waals surface area contributed by atoms with E-state index < -0.39 is 12.0 Å². The van der Waals surface area contributed by atoms with Gasteiger partial charge in [-0.25, -0.2) is 4.79 Å². The summed E-state index contributed by atoms with van der Waals surface area (Å²) in [4.78, 5) is 23.5. The smallest absolute Gasteiger partial charge is 0.328 e. The Morgan fingerprint density at radius 2 is 2.33 bits per heavy atom. The number of amides is 1. The zero-order valence-corrected chi connectivity index (χ0v) is 12.2. The van der Waals surface area contributed by atoms with Crippen LogP contribution in [-0.4, -0.2) is 36.7 Å². The van der Waals surface area contributed by atoms with Gasteiger partial charge in [0.05, 0.1) is 6.61 Å². The Kier molecular flexibility index (Phi) is 6.31. The first-order valence-corrected chi connectivity index (χ1v) is 6.94. The third-order valence-corrected chi connectivity index (χ3v) is 3.94. The van der Waals surface area contributed by atoms with Crippen LogP contribution in [0.2, 0.25) is 0 Å². The van der Waals surface area contributed by atoms with Gasteiger partial charge in [-0.2, -0.15) is 0 Å². The summed E-state index contributed by atoms with van der Waals surface area (Å²) in [6.45, 7) is -0.0361. The van der Waals surface area contributed by atoms with Crippen molar-refractivity contribution in [3.05, 3.63) is 20.8 Å². The van der Waals surface area contributed by atoms with Crippen molar-refractivity contribution in [1.29, 1.82) is 0 Å². The number of carbonyl (C=O) groups is 2. The van der Waals surface area contributed by atoms with E-state index in [9.17, 15) is 9.59 Å². The summed E-state index contributed by atoms with van der Waals surface area (Å²) in [7, 11) is 1.39.